The number of benzene rings is 1. The standard InChI is InChI=1S/C21H27ClN4O3/c1-3-26-15(2)10-18(24-26)20(28)25-9-5-8-21(13-25,12-19(23)27)14-29-17-7-4-6-16(22)11-17/h4,6-7,10-11H,3,5,8-9,12-14H2,1-2H3,(H2,23,27)/t21-/m1/s1. The van der Waals surface area contributed by atoms with Crippen molar-refractivity contribution in [2.45, 2.75) is 39.7 Å². The first-order chi connectivity index (χ1) is 13.8. The Morgan fingerprint density at radius 1 is 1.34 bits per heavy atom. The molecule has 0 saturated carbocycles. The Labute approximate surface area is 175 Å². The van der Waals surface area contributed by atoms with Crippen LogP contribution in [0, 0.1) is 12.3 Å². The van der Waals surface area contributed by atoms with Crippen molar-refractivity contribution in [1.82, 2.24) is 14.7 Å². The maximum Gasteiger partial charge on any atom is 0.274 e. The molecule has 8 heteroatoms. The maximum atomic E-state index is 13.0. The van der Waals surface area contributed by atoms with E-state index in [-0.39, 0.29) is 18.9 Å². The highest BCUT2D eigenvalue weighted by atomic mass is 35.5. The van der Waals surface area contributed by atoms with Gasteiger partial charge in [-0.2, -0.15) is 5.10 Å². The van der Waals surface area contributed by atoms with Crippen molar-refractivity contribution >= 4 is 23.4 Å². The van der Waals surface area contributed by atoms with Crippen LogP contribution >= 0.6 is 11.6 Å². The normalized spacial score (nSPS) is 19.2. The summed E-state index contributed by atoms with van der Waals surface area (Å²) in [5.74, 6) is 0.0961. The molecular formula is C21H27ClN4O3. The van der Waals surface area contributed by atoms with Gasteiger partial charge in [0.25, 0.3) is 5.91 Å². The molecule has 2 N–H and O–H groups in total. The van der Waals surface area contributed by atoms with Crippen LogP contribution in [0.15, 0.2) is 30.3 Å². The molecule has 0 radical (unpaired) electrons. The number of likely N-dealkylation sites (tertiary alicyclic amines) is 1. The zero-order chi connectivity index (χ0) is 21.0. The quantitative estimate of drug-likeness (QED) is 0.748. The number of ether oxygens (including phenoxy) is 1. The van der Waals surface area contributed by atoms with Crippen molar-refractivity contribution in [1.29, 1.82) is 0 Å². The molecular weight excluding hydrogens is 392 g/mol. The Hall–Kier alpha value is -2.54. The van der Waals surface area contributed by atoms with E-state index in [1.807, 2.05) is 26.0 Å². The van der Waals surface area contributed by atoms with Crippen LogP contribution in [0.3, 0.4) is 0 Å². The number of halogens is 1. The molecule has 0 bridgehead atoms. The Morgan fingerprint density at radius 3 is 2.79 bits per heavy atom. The number of amides is 2. The fourth-order valence-corrected chi connectivity index (χ4v) is 4.13. The molecule has 1 aliphatic heterocycles. The van der Waals surface area contributed by atoms with Crippen LogP contribution in [0.25, 0.3) is 0 Å². The zero-order valence-corrected chi connectivity index (χ0v) is 17.6. The van der Waals surface area contributed by atoms with Gasteiger partial charge in [0.05, 0.1) is 6.61 Å². The molecule has 1 aromatic carbocycles. The van der Waals surface area contributed by atoms with E-state index in [1.54, 1.807) is 27.8 Å². The lowest BCUT2D eigenvalue weighted by Gasteiger charge is -2.41. The van der Waals surface area contributed by atoms with Gasteiger partial charge in [-0.25, -0.2) is 0 Å². The summed E-state index contributed by atoms with van der Waals surface area (Å²) < 4.78 is 7.76. The monoisotopic (exact) mass is 418 g/mol. The van der Waals surface area contributed by atoms with Crippen LogP contribution in [-0.4, -0.2) is 46.2 Å². The van der Waals surface area contributed by atoms with Gasteiger partial charge in [0.15, 0.2) is 5.69 Å². The fourth-order valence-electron chi connectivity index (χ4n) is 3.95. The van der Waals surface area contributed by atoms with Gasteiger partial charge in [0.1, 0.15) is 5.75 Å². The number of hydrogen-bond acceptors (Lipinski definition) is 4. The van der Waals surface area contributed by atoms with E-state index < -0.39 is 11.3 Å². The van der Waals surface area contributed by atoms with E-state index in [4.69, 9.17) is 22.1 Å². The Kier molecular flexibility index (Phi) is 6.47. The molecule has 1 fully saturated rings. The molecule has 3 rings (SSSR count). The second-order valence-electron chi connectivity index (χ2n) is 7.71. The molecule has 1 saturated heterocycles. The number of nitrogens with zero attached hydrogens (tertiary/aromatic N) is 3. The lowest BCUT2D eigenvalue weighted by Crippen LogP contribution is -2.50. The number of rotatable bonds is 7. The average Bonchev–Trinajstić information content (AvgIpc) is 3.06. The third kappa shape index (κ3) is 5.09. The number of nitrogens with two attached hydrogens (primary N) is 1. The van der Waals surface area contributed by atoms with Crippen molar-refractivity contribution < 1.29 is 14.3 Å². The lowest BCUT2D eigenvalue weighted by atomic mass is 9.77. The Morgan fingerprint density at radius 2 is 2.14 bits per heavy atom. The van der Waals surface area contributed by atoms with Gasteiger partial charge in [0.2, 0.25) is 5.91 Å². The Balaban J connectivity index is 1.77. The first-order valence-corrected chi connectivity index (χ1v) is 10.2. The van der Waals surface area contributed by atoms with Crippen LogP contribution < -0.4 is 10.5 Å². The SMILES string of the molecule is CCn1nc(C(=O)N2CCC[C@@](COc3cccc(Cl)c3)(CC(N)=O)C2)cc1C. The predicted octanol–water partition coefficient (Wildman–Crippen LogP) is 3.04. The molecule has 1 aliphatic rings. The number of primary amides is 1. The van der Waals surface area contributed by atoms with Crippen molar-refractivity contribution in [3.8, 4) is 5.75 Å². The summed E-state index contributed by atoms with van der Waals surface area (Å²) in [4.78, 5) is 26.6. The largest absolute Gasteiger partial charge is 0.493 e. The summed E-state index contributed by atoms with van der Waals surface area (Å²) >= 11 is 6.03. The van der Waals surface area contributed by atoms with E-state index in [0.29, 0.717) is 36.1 Å². The summed E-state index contributed by atoms with van der Waals surface area (Å²) in [6.45, 7) is 5.92. The van der Waals surface area contributed by atoms with E-state index >= 15 is 0 Å². The first kappa shape index (κ1) is 21.2. The summed E-state index contributed by atoms with van der Waals surface area (Å²) in [6.07, 6.45) is 1.67. The number of hydrogen-bond donors (Lipinski definition) is 1. The van der Waals surface area contributed by atoms with Gasteiger partial charge in [-0.15, -0.1) is 0 Å². The Bertz CT molecular complexity index is 898. The summed E-state index contributed by atoms with van der Waals surface area (Å²) in [6, 6.07) is 8.92. The van der Waals surface area contributed by atoms with Crippen LogP contribution in [0.5, 0.6) is 5.75 Å². The minimum absolute atomic E-state index is 0.128. The van der Waals surface area contributed by atoms with E-state index in [9.17, 15) is 9.59 Å². The van der Waals surface area contributed by atoms with Crippen molar-refractivity contribution in [3.05, 3.63) is 46.7 Å². The second kappa shape index (κ2) is 8.86. The first-order valence-electron chi connectivity index (χ1n) is 9.82. The number of piperidine rings is 1. The van der Waals surface area contributed by atoms with Crippen LogP contribution in [0.4, 0.5) is 0 Å². The molecule has 156 valence electrons. The average molecular weight is 419 g/mol. The predicted molar refractivity (Wildman–Crippen MR) is 111 cm³/mol. The molecule has 2 aromatic rings. The molecule has 1 aromatic heterocycles. The van der Waals surface area contributed by atoms with E-state index in [1.165, 1.54) is 0 Å². The molecule has 1 atom stereocenters. The second-order valence-corrected chi connectivity index (χ2v) is 8.14. The molecule has 29 heavy (non-hydrogen) atoms. The van der Waals surface area contributed by atoms with Crippen LogP contribution in [-0.2, 0) is 11.3 Å². The summed E-state index contributed by atoms with van der Waals surface area (Å²) in [5.41, 5.74) is 6.37. The van der Waals surface area contributed by atoms with Crippen molar-refractivity contribution in [3.63, 3.8) is 0 Å². The van der Waals surface area contributed by atoms with Crippen LogP contribution in [0.1, 0.15) is 42.4 Å². The van der Waals surface area contributed by atoms with Crippen molar-refractivity contribution in [2.24, 2.45) is 11.1 Å². The van der Waals surface area contributed by atoms with Gasteiger partial charge in [-0.1, -0.05) is 17.7 Å². The van der Waals surface area contributed by atoms with Crippen molar-refractivity contribution in [2.75, 3.05) is 19.7 Å². The minimum atomic E-state index is -0.537. The highest BCUT2D eigenvalue weighted by molar-refractivity contribution is 6.30. The fraction of sp³-hybridized carbons (Fsp3) is 0.476. The number of aromatic nitrogens is 2. The van der Waals surface area contributed by atoms with Gasteiger partial charge < -0.3 is 15.4 Å². The van der Waals surface area contributed by atoms with E-state index in [2.05, 4.69) is 5.10 Å². The molecule has 0 aliphatic carbocycles. The highest BCUT2D eigenvalue weighted by Crippen LogP contribution is 2.35. The smallest absolute Gasteiger partial charge is 0.274 e. The number of aryl methyl sites for hydroxylation is 2. The number of carbonyl (C=O) groups is 2. The van der Waals surface area contributed by atoms with E-state index in [0.717, 1.165) is 18.5 Å². The molecule has 7 nitrogen and oxygen atoms in total. The highest BCUT2D eigenvalue weighted by Gasteiger charge is 2.40. The molecule has 2 amide bonds. The topological polar surface area (TPSA) is 90.4 Å². The molecule has 0 spiro atoms. The third-order valence-electron chi connectivity index (χ3n) is 5.34. The third-order valence-corrected chi connectivity index (χ3v) is 5.57. The summed E-state index contributed by atoms with van der Waals surface area (Å²) in [7, 11) is 0. The number of carbonyl (C=O) groups excluding carboxylic acids is 2. The maximum absolute atomic E-state index is 13.0. The van der Waals surface area contributed by atoms with Gasteiger partial charge in [0, 0.05) is 42.2 Å². The van der Waals surface area contributed by atoms with Crippen LogP contribution in [0.2, 0.25) is 5.02 Å². The van der Waals surface area contributed by atoms with Gasteiger partial charge in [-0.05, 0) is 51.0 Å². The molecule has 2 heterocycles. The zero-order valence-electron chi connectivity index (χ0n) is 16.9. The van der Waals surface area contributed by atoms with Gasteiger partial charge in [-0.3, -0.25) is 14.3 Å². The summed E-state index contributed by atoms with van der Waals surface area (Å²) in [5, 5.41) is 4.98. The minimum Gasteiger partial charge on any atom is -0.493 e. The molecule has 0 unspecified atom stereocenters. The van der Waals surface area contributed by atoms with Gasteiger partial charge >= 0.3 is 0 Å². The lowest BCUT2D eigenvalue weighted by molar-refractivity contribution is -0.122.